The second-order valence-electron chi connectivity index (χ2n) is 8.74. The lowest BCUT2D eigenvalue weighted by atomic mass is 10.0. The van der Waals surface area contributed by atoms with E-state index in [0.717, 1.165) is 33.6 Å². The molecule has 0 saturated carbocycles. The molecule has 0 unspecified atom stereocenters. The van der Waals surface area contributed by atoms with Gasteiger partial charge in [0.15, 0.2) is 0 Å². The maximum absolute atomic E-state index is 11.2. The molecule has 1 aromatic heterocycles. The van der Waals surface area contributed by atoms with Gasteiger partial charge in [0.05, 0.1) is 16.3 Å². The number of carboxylic acids is 1. The number of carbonyl (C=O) groups is 1. The van der Waals surface area contributed by atoms with Gasteiger partial charge >= 0.3 is 5.97 Å². The van der Waals surface area contributed by atoms with Gasteiger partial charge in [-0.15, -0.1) is 0 Å². The zero-order valence-electron chi connectivity index (χ0n) is 20.1. The molecular formula is C31H22Cl2N2O3. The van der Waals surface area contributed by atoms with Crippen molar-refractivity contribution in [1.82, 2.24) is 9.55 Å². The van der Waals surface area contributed by atoms with Gasteiger partial charge in [-0.1, -0.05) is 77.8 Å². The van der Waals surface area contributed by atoms with Crippen molar-refractivity contribution < 1.29 is 15.0 Å². The molecule has 0 fully saturated rings. The second-order valence-corrected chi connectivity index (χ2v) is 9.58. The third kappa shape index (κ3) is 5.80. The normalized spacial score (nSPS) is 11.2. The van der Waals surface area contributed by atoms with Crippen LogP contribution in [0.25, 0.3) is 34.5 Å². The molecule has 7 heteroatoms. The third-order valence-electron chi connectivity index (χ3n) is 6.10. The maximum atomic E-state index is 11.2. The van der Waals surface area contributed by atoms with Crippen molar-refractivity contribution in [2.75, 3.05) is 0 Å². The van der Waals surface area contributed by atoms with Gasteiger partial charge in [-0.25, -0.2) is 9.78 Å². The Morgan fingerprint density at radius 3 is 2.13 bits per heavy atom. The van der Waals surface area contributed by atoms with Crippen molar-refractivity contribution >= 4 is 41.3 Å². The molecule has 0 atom stereocenters. The molecule has 0 saturated heterocycles. The van der Waals surface area contributed by atoms with Crippen LogP contribution in [0.1, 0.15) is 27.3 Å². The van der Waals surface area contributed by atoms with Gasteiger partial charge in [-0.05, 0) is 70.8 Å². The fourth-order valence-electron chi connectivity index (χ4n) is 4.08. The van der Waals surface area contributed by atoms with Crippen LogP contribution in [0.3, 0.4) is 0 Å². The van der Waals surface area contributed by atoms with E-state index in [-0.39, 0.29) is 11.3 Å². The summed E-state index contributed by atoms with van der Waals surface area (Å²) < 4.78 is 2.00. The molecule has 0 spiro atoms. The fraction of sp³-hybridized carbons (Fsp3) is 0.0323. The number of halogens is 2. The summed E-state index contributed by atoms with van der Waals surface area (Å²) in [6, 6.07) is 27.3. The second kappa shape index (κ2) is 11.0. The number of hydrogen-bond donors (Lipinski definition) is 2. The van der Waals surface area contributed by atoms with E-state index in [0.29, 0.717) is 22.3 Å². The minimum Gasteiger partial charge on any atom is -0.508 e. The summed E-state index contributed by atoms with van der Waals surface area (Å²) in [7, 11) is 0. The first-order valence-electron chi connectivity index (χ1n) is 11.8. The van der Waals surface area contributed by atoms with Gasteiger partial charge < -0.3 is 14.8 Å². The molecule has 4 aromatic carbocycles. The molecule has 188 valence electrons. The highest BCUT2D eigenvalue weighted by molar-refractivity contribution is 6.36. The Bertz CT molecular complexity index is 1620. The molecule has 0 bridgehead atoms. The SMILES string of the molecule is O=C(O)c1ccc(Cn2cc(-c3ccc(Cl)cc3Cl)nc2C=Cc2ccc(-c3ccc(O)cc3)cc2)cc1. The number of imidazole rings is 1. The Morgan fingerprint density at radius 1 is 0.842 bits per heavy atom. The van der Waals surface area contributed by atoms with Crippen molar-refractivity contribution in [3.05, 3.63) is 130 Å². The number of rotatable bonds is 7. The van der Waals surface area contributed by atoms with Gasteiger partial charge in [0.2, 0.25) is 0 Å². The summed E-state index contributed by atoms with van der Waals surface area (Å²) in [5.41, 5.74) is 5.72. The molecule has 0 amide bonds. The Hall–Kier alpha value is -4.32. The first kappa shape index (κ1) is 25.3. The van der Waals surface area contributed by atoms with E-state index in [1.54, 1.807) is 48.5 Å². The first-order valence-corrected chi connectivity index (χ1v) is 12.5. The van der Waals surface area contributed by atoms with Gasteiger partial charge in [-0.2, -0.15) is 0 Å². The summed E-state index contributed by atoms with van der Waals surface area (Å²) in [5.74, 6) is -0.00395. The van der Waals surface area contributed by atoms with Crippen molar-refractivity contribution in [2.45, 2.75) is 6.54 Å². The standard InChI is InChI=1S/C31H22Cl2N2O3/c32-25-12-15-27(28(33)17-25)29-19-35(18-21-3-8-24(9-4-21)31(37)38)30(34-29)16-5-20-1-6-22(7-2-20)23-10-13-26(36)14-11-23/h1-17,19,36H,18H2,(H,37,38). The third-order valence-corrected chi connectivity index (χ3v) is 6.65. The number of phenolic OH excluding ortho intramolecular Hbond substituents is 1. The van der Waals surface area contributed by atoms with Crippen LogP contribution in [0.5, 0.6) is 5.75 Å². The highest BCUT2D eigenvalue weighted by Crippen LogP contribution is 2.30. The molecule has 2 N–H and O–H groups in total. The van der Waals surface area contributed by atoms with E-state index < -0.39 is 5.97 Å². The van der Waals surface area contributed by atoms with Crippen LogP contribution in [-0.2, 0) is 6.54 Å². The van der Waals surface area contributed by atoms with Gasteiger partial charge in [0, 0.05) is 23.3 Å². The predicted octanol–water partition coefficient (Wildman–Crippen LogP) is 8.15. The summed E-state index contributed by atoms with van der Waals surface area (Å²) in [6.45, 7) is 0.498. The number of phenols is 1. The molecule has 0 aliphatic rings. The molecule has 5 aromatic rings. The molecule has 0 radical (unpaired) electrons. The largest absolute Gasteiger partial charge is 0.508 e. The molecule has 0 aliphatic heterocycles. The minimum atomic E-state index is -0.959. The number of benzene rings is 4. The molecular weight excluding hydrogens is 519 g/mol. The quantitative estimate of drug-likeness (QED) is 0.218. The van der Waals surface area contributed by atoms with E-state index in [2.05, 4.69) is 0 Å². The zero-order valence-corrected chi connectivity index (χ0v) is 21.6. The van der Waals surface area contributed by atoms with Crippen molar-refractivity contribution in [3.8, 4) is 28.1 Å². The van der Waals surface area contributed by atoms with Gasteiger partial charge in [-0.3, -0.25) is 0 Å². The monoisotopic (exact) mass is 540 g/mol. The maximum Gasteiger partial charge on any atom is 0.335 e. The topological polar surface area (TPSA) is 75.3 Å². The lowest BCUT2D eigenvalue weighted by Crippen LogP contribution is -2.02. The summed E-state index contributed by atoms with van der Waals surface area (Å²) in [6.07, 6.45) is 5.85. The van der Waals surface area contributed by atoms with Crippen molar-refractivity contribution in [2.24, 2.45) is 0 Å². The lowest BCUT2D eigenvalue weighted by Gasteiger charge is -2.06. The zero-order chi connectivity index (χ0) is 26.6. The molecule has 5 nitrogen and oxygen atoms in total. The summed E-state index contributed by atoms with van der Waals surface area (Å²) in [4.78, 5) is 16.1. The smallest absolute Gasteiger partial charge is 0.335 e. The van der Waals surface area contributed by atoms with Crippen molar-refractivity contribution in [1.29, 1.82) is 0 Å². The Balaban J connectivity index is 1.45. The van der Waals surface area contributed by atoms with Crippen LogP contribution >= 0.6 is 23.2 Å². The van der Waals surface area contributed by atoms with Crippen LogP contribution in [0, 0.1) is 0 Å². The van der Waals surface area contributed by atoms with E-state index in [9.17, 15) is 15.0 Å². The fourth-order valence-corrected chi connectivity index (χ4v) is 4.58. The van der Waals surface area contributed by atoms with Gasteiger partial charge in [0.25, 0.3) is 0 Å². The van der Waals surface area contributed by atoms with E-state index in [4.69, 9.17) is 28.2 Å². The molecule has 0 aliphatic carbocycles. The van der Waals surface area contributed by atoms with Crippen LogP contribution in [0.4, 0.5) is 0 Å². The molecule has 38 heavy (non-hydrogen) atoms. The van der Waals surface area contributed by atoms with Crippen LogP contribution in [0.2, 0.25) is 10.0 Å². The summed E-state index contributed by atoms with van der Waals surface area (Å²) >= 11 is 12.5. The lowest BCUT2D eigenvalue weighted by molar-refractivity contribution is 0.0697. The number of aromatic carboxylic acids is 1. The average Bonchev–Trinajstić information content (AvgIpc) is 3.30. The molecule has 1 heterocycles. The number of hydrogen-bond acceptors (Lipinski definition) is 3. The molecule has 5 rings (SSSR count). The van der Waals surface area contributed by atoms with Gasteiger partial charge in [0.1, 0.15) is 11.6 Å². The number of nitrogens with zero attached hydrogens (tertiary/aromatic N) is 2. The highest BCUT2D eigenvalue weighted by atomic mass is 35.5. The van der Waals surface area contributed by atoms with E-state index >= 15 is 0 Å². The Morgan fingerprint density at radius 2 is 1.50 bits per heavy atom. The van der Waals surface area contributed by atoms with Crippen LogP contribution in [0.15, 0.2) is 97.2 Å². The van der Waals surface area contributed by atoms with E-state index in [1.165, 1.54) is 0 Å². The number of aromatic nitrogens is 2. The Labute approximate surface area is 229 Å². The highest BCUT2D eigenvalue weighted by Gasteiger charge is 2.12. The minimum absolute atomic E-state index is 0.237. The van der Waals surface area contributed by atoms with Crippen LogP contribution in [-0.4, -0.2) is 25.7 Å². The van der Waals surface area contributed by atoms with Crippen molar-refractivity contribution in [3.63, 3.8) is 0 Å². The number of carboxylic acid groups (broad SMARTS) is 1. The van der Waals surface area contributed by atoms with Crippen LogP contribution < -0.4 is 0 Å². The van der Waals surface area contributed by atoms with E-state index in [1.807, 2.05) is 65.4 Å². The summed E-state index contributed by atoms with van der Waals surface area (Å²) in [5, 5.41) is 19.8. The average molecular weight is 541 g/mol. The number of aromatic hydroxyl groups is 1. The predicted molar refractivity (Wildman–Crippen MR) is 153 cm³/mol. The first-order chi connectivity index (χ1) is 18.4. The Kier molecular flexibility index (Phi) is 7.31.